The van der Waals surface area contributed by atoms with Gasteiger partial charge in [-0.2, -0.15) is 5.26 Å². The van der Waals surface area contributed by atoms with Gasteiger partial charge in [0.1, 0.15) is 6.07 Å². The molecule has 0 radical (unpaired) electrons. The summed E-state index contributed by atoms with van der Waals surface area (Å²) in [6.45, 7) is 1.82. The Hall–Kier alpha value is -1.51. The normalized spacial score (nSPS) is 11.6. The van der Waals surface area contributed by atoms with E-state index in [1.807, 2.05) is 6.07 Å². The van der Waals surface area contributed by atoms with Crippen molar-refractivity contribution in [3.8, 4) is 6.07 Å². The summed E-state index contributed by atoms with van der Waals surface area (Å²) in [5, 5.41) is 20.0. The lowest BCUT2D eigenvalue weighted by Crippen LogP contribution is -2.23. The third-order valence-corrected chi connectivity index (χ3v) is 3.27. The highest BCUT2D eigenvalue weighted by Gasteiger charge is 2.14. The summed E-state index contributed by atoms with van der Waals surface area (Å²) in [6.07, 6.45) is 0. The number of nitrogens with zero attached hydrogens (tertiary/aromatic N) is 1. The van der Waals surface area contributed by atoms with E-state index >= 15 is 0 Å². The first-order valence-electron chi connectivity index (χ1n) is 5.21. The minimum atomic E-state index is -0.256. The Kier molecular flexibility index (Phi) is 5.53. The fourth-order valence-electron chi connectivity index (χ4n) is 1.23. The van der Waals surface area contributed by atoms with Crippen LogP contribution in [0, 0.1) is 11.3 Å². The van der Waals surface area contributed by atoms with Crippen molar-refractivity contribution in [2.45, 2.75) is 12.2 Å². The molecule has 0 aliphatic rings. The second-order valence-electron chi connectivity index (χ2n) is 3.38. The van der Waals surface area contributed by atoms with Crippen molar-refractivity contribution in [3.05, 3.63) is 29.8 Å². The van der Waals surface area contributed by atoms with Crippen molar-refractivity contribution < 1.29 is 9.90 Å². The van der Waals surface area contributed by atoms with Crippen LogP contribution in [0.1, 0.15) is 12.5 Å². The third-order valence-electron chi connectivity index (χ3n) is 2.13. The van der Waals surface area contributed by atoms with Crippen LogP contribution in [-0.4, -0.2) is 28.6 Å². The van der Waals surface area contributed by atoms with Crippen molar-refractivity contribution in [1.29, 1.82) is 5.26 Å². The topological polar surface area (TPSA) is 73.1 Å². The van der Waals surface area contributed by atoms with Crippen molar-refractivity contribution in [2.75, 3.05) is 17.7 Å². The maximum atomic E-state index is 11.8. The fraction of sp³-hybridized carbons (Fsp3) is 0.333. The van der Waals surface area contributed by atoms with E-state index < -0.39 is 0 Å². The van der Waals surface area contributed by atoms with Gasteiger partial charge in [0.05, 0.1) is 23.1 Å². The van der Waals surface area contributed by atoms with Crippen LogP contribution in [0.2, 0.25) is 0 Å². The fourth-order valence-corrected chi connectivity index (χ4v) is 1.90. The lowest BCUT2D eigenvalue weighted by molar-refractivity contribution is -0.115. The highest BCUT2D eigenvalue weighted by atomic mass is 32.2. The molecule has 90 valence electrons. The van der Waals surface area contributed by atoms with Crippen molar-refractivity contribution in [2.24, 2.45) is 0 Å². The van der Waals surface area contributed by atoms with Gasteiger partial charge in [-0.25, -0.2) is 0 Å². The zero-order valence-corrected chi connectivity index (χ0v) is 10.3. The predicted octanol–water partition coefficient (Wildman–Crippen LogP) is 1.61. The van der Waals surface area contributed by atoms with Gasteiger partial charge in [-0.3, -0.25) is 4.79 Å². The molecule has 2 N–H and O–H groups in total. The van der Waals surface area contributed by atoms with Crippen molar-refractivity contribution in [3.63, 3.8) is 0 Å². The quantitative estimate of drug-likeness (QED) is 0.832. The monoisotopic (exact) mass is 250 g/mol. The minimum Gasteiger partial charge on any atom is -0.396 e. The van der Waals surface area contributed by atoms with Gasteiger partial charge in [-0.1, -0.05) is 12.1 Å². The van der Waals surface area contributed by atoms with Crippen LogP contribution in [0.4, 0.5) is 5.69 Å². The van der Waals surface area contributed by atoms with Crippen molar-refractivity contribution >= 4 is 23.4 Å². The van der Waals surface area contributed by atoms with Gasteiger partial charge in [0, 0.05) is 5.75 Å². The Labute approximate surface area is 105 Å². The number of thioether (sulfide) groups is 1. The number of nitrogens with one attached hydrogen (secondary N) is 1. The Bertz CT molecular complexity index is 429. The van der Waals surface area contributed by atoms with Gasteiger partial charge in [0.15, 0.2) is 0 Å². The van der Waals surface area contributed by atoms with Crippen LogP contribution >= 0.6 is 11.8 Å². The van der Waals surface area contributed by atoms with Gasteiger partial charge in [-0.15, -0.1) is 11.8 Å². The van der Waals surface area contributed by atoms with Gasteiger partial charge in [-0.05, 0) is 19.1 Å². The number of aliphatic hydroxyl groups excluding tert-OH is 1. The number of anilines is 1. The maximum absolute atomic E-state index is 11.8. The standard InChI is InChI=1S/C12H14N2O2S/c1-9(17-7-6-15)12(16)14-11-5-3-2-4-10(11)8-13/h2-5,9,15H,6-7H2,1H3,(H,14,16). The van der Waals surface area contributed by atoms with Crippen LogP contribution in [0.25, 0.3) is 0 Å². The molecule has 1 aromatic carbocycles. The van der Waals surface area contributed by atoms with Gasteiger partial charge in [0.2, 0.25) is 5.91 Å². The number of hydrogen-bond acceptors (Lipinski definition) is 4. The molecule has 0 aromatic heterocycles. The molecule has 0 fully saturated rings. The lowest BCUT2D eigenvalue weighted by atomic mass is 10.2. The molecule has 0 saturated carbocycles. The number of benzene rings is 1. The minimum absolute atomic E-state index is 0.0526. The number of carbonyl (C=O) groups is 1. The highest BCUT2D eigenvalue weighted by molar-refractivity contribution is 8.00. The predicted molar refractivity (Wildman–Crippen MR) is 68.8 cm³/mol. The Morgan fingerprint density at radius 3 is 2.94 bits per heavy atom. The van der Waals surface area contributed by atoms with Gasteiger partial charge < -0.3 is 10.4 Å². The average molecular weight is 250 g/mol. The summed E-state index contributed by atoms with van der Waals surface area (Å²) >= 11 is 1.37. The van der Waals surface area contributed by atoms with Crippen LogP contribution < -0.4 is 5.32 Å². The molecule has 1 unspecified atom stereocenters. The summed E-state index contributed by atoms with van der Waals surface area (Å²) in [5.74, 6) is 0.361. The van der Waals surface area contributed by atoms with E-state index in [0.717, 1.165) is 0 Å². The van der Waals surface area contributed by atoms with Gasteiger partial charge >= 0.3 is 0 Å². The molecule has 0 heterocycles. The number of carbonyl (C=O) groups excluding carboxylic acids is 1. The first-order valence-corrected chi connectivity index (χ1v) is 6.26. The highest BCUT2D eigenvalue weighted by Crippen LogP contribution is 2.16. The zero-order valence-electron chi connectivity index (χ0n) is 9.51. The summed E-state index contributed by atoms with van der Waals surface area (Å²) < 4.78 is 0. The second kappa shape index (κ2) is 6.94. The smallest absolute Gasteiger partial charge is 0.237 e. The molecule has 0 bridgehead atoms. The van der Waals surface area contributed by atoms with E-state index in [1.54, 1.807) is 31.2 Å². The Balaban J connectivity index is 2.65. The molecule has 0 aliphatic heterocycles. The summed E-state index contributed by atoms with van der Waals surface area (Å²) in [5.41, 5.74) is 0.969. The molecular formula is C12H14N2O2S. The van der Waals surface area contributed by atoms with E-state index in [2.05, 4.69) is 5.32 Å². The van der Waals surface area contributed by atoms with Crippen LogP contribution in [-0.2, 0) is 4.79 Å². The zero-order chi connectivity index (χ0) is 12.7. The molecule has 1 amide bonds. The molecule has 5 heteroatoms. The molecule has 1 rings (SSSR count). The molecule has 4 nitrogen and oxygen atoms in total. The van der Waals surface area contributed by atoms with Crippen molar-refractivity contribution in [1.82, 2.24) is 0 Å². The number of nitriles is 1. The Morgan fingerprint density at radius 2 is 2.29 bits per heavy atom. The molecule has 1 aromatic rings. The SMILES string of the molecule is CC(SCCO)C(=O)Nc1ccccc1C#N. The third kappa shape index (κ3) is 4.10. The summed E-state index contributed by atoms with van der Waals surface area (Å²) in [6, 6.07) is 8.88. The largest absolute Gasteiger partial charge is 0.396 e. The first kappa shape index (κ1) is 13.6. The average Bonchev–Trinajstić information content (AvgIpc) is 2.36. The molecule has 1 atom stereocenters. The maximum Gasteiger partial charge on any atom is 0.237 e. The number of amides is 1. The number of rotatable bonds is 5. The number of hydrogen-bond donors (Lipinski definition) is 2. The number of aliphatic hydroxyl groups is 1. The van der Waals surface area contributed by atoms with Crippen LogP contribution in [0.15, 0.2) is 24.3 Å². The van der Waals surface area contributed by atoms with E-state index in [9.17, 15) is 4.79 Å². The van der Waals surface area contributed by atoms with Gasteiger partial charge in [0.25, 0.3) is 0 Å². The summed E-state index contributed by atoms with van der Waals surface area (Å²) in [4.78, 5) is 11.8. The molecule has 17 heavy (non-hydrogen) atoms. The summed E-state index contributed by atoms with van der Waals surface area (Å²) in [7, 11) is 0. The van der Waals surface area contributed by atoms with Crippen LogP contribution in [0.5, 0.6) is 0 Å². The molecule has 0 saturated heterocycles. The van der Waals surface area contributed by atoms with E-state index in [1.165, 1.54) is 11.8 Å². The molecule has 0 aliphatic carbocycles. The molecule has 0 spiro atoms. The molecular weight excluding hydrogens is 236 g/mol. The van der Waals surface area contributed by atoms with E-state index in [4.69, 9.17) is 10.4 Å². The van der Waals surface area contributed by atoms with E-state index in [0.29, 0.717) is 17.0 Å². The van der Waals surface area contributed by atoms with Crippen LogP contribution in [0.3, 0.4) is 0 Å². The first-order chi connectivity index (χ1) is 8.19. The number of para-hydroxylation sites is 1. The Morgan fingerprint density at radius 1 is 1.59 bits per heavy atom. The second-order valence-corrected chi connectivity index (χ2v) is 4.83. The lowest BCUT2D eigenvalue weighted by Gasteiger charge is -2.12. The van der Waals surface area contributed by atoms with E-state index in [-0.39, 0.29) is 17.8 Å².